The topological polar surface area (TPSA) is 99.1 Å². The summed E-state index contributed by atoms with van der Waals surface area (Å²) >= 11 is 0. The quantitative estimate of drug-likeness (QED) is 0.619. The summed E-state index contributed by atoms with van der Waals surface area (Å²) in [5.74, 6) is -0.982. The second kappa shape index (κ2) is 7.17. The molecule has 0 aromatic rings. The predicted octanol–water partition coefficient (Wildman–Crippen LogP) is -0.500. The smallest absolute Gasteiger partial charge is 0.317 e. The Balaban J connectivity index is 2.29. The monoisotopic (exact) mass is 260 g/mol. The highest BCUT2D eigenvalue weighted by Gasteiger charge is 2.23. The lowest BCUT2D eigenvalue weighted by atomic mass is 10.1. The van der Waals surface area contributed by atoms with Gasteiger partial charge in [0.25, 0.3) is 0 Å². The molecule has 1 fully saturated rings. The molecule has 0 aliphatic carbocycles. The molecule has 0 saturated carbocycles. The van der Waals surface area contributed by atoms with E-state index in [0.717, 1.165) is 0 Å². The molecule has 7 nitrogen and oxygen atoms in total. The van der Waals surface area contributed by atoms with E-state index in [1.165, 1.54) is 0 Å². The minimum atomic E-state index is -0.872. The van der Waals surface area contributed by atoms with E-state index in [2.05, 4.69) is 5.32 Å². The van der Waals surface area contributed by atoms with Gasteiger partial charge in [-0.25, -0.2) is 4.79 Å². The summed E-state index contributed by atoms with van der Waals surface area (Å²) < 4.78 is 5.24. The highest BCUT2D eigenvalue weighted by atomic mass is 16.5. The lowest BCUT2D eigenvalue weighted by molar-refractivity contribution is -0.137. The Hall–Kier alpha value is -1.34. The molecule has 2 atom stereocenters. The highest BCUT2D eigenvalue weighted by molar-refractivity contribution is 5.74. The zero-order valence-corrected chi connectivity index (χ0v) is 10.5. The zero-order valence-electron chi connectivity index (χ0n) is 10.5. The van der Waals surface area contributed by atoms with E-state index in [1.54, 1.807) is 11.8 Å². The Labute approximate surface area is 106 Å². The predicted molar refractivity (Wildman–Crippen MR) is 63.2 cm³/mol. The number of aliphatic carboxylic acids is 1. The lowest BCUT2D eigenvalue weighted by Crippen LogP contribution is -2.51. The first-order valence-corrected chi connectivity index (χ1v) is 6.00. The first kappa shape index (κ1) is 14.7. The Kier molecular flexibility index (Phi) is 5.87. The minimum Gasteiger partial charge on any atom is -0.481 e. The SMILES string of the molecule is CC(CNC(=O)N1CCOC(CO)C1)CC(=O)O. The fraction of sp³-hybridized carbons (Fsp3) is 0.818. The molecule has 104 valence electrons. The van der Waals surface area contributed by atoms with Crippen molar-refractivity contribution in [1.29, 1.82) is 0 Å². The van der Waals surface area contributed by atoms with Crippen LogP contribution in [0.5, 0.6) is 0 Å². The number of hydrogen-bond donors (Lipinski definition) is 3. The molecule has 7 heteroatoms. The van der Waals surface area contributed by atoms with Gasteiger partial charge in [0.15, 0.2) is 0 Å². The molecule has 1 saturated heterocycles. The molecule has 1 rings (SSSR count). The van der Waals surface area contributed by atoms with Crippen molar-refractivity contribution >= 4 is 12.0 Å². The summed E-state index contributed by atoms with van der Waals surface area (Å²) in [4.78, 5) is 23.8. The van der Waals surface area contributed by atoms with Gasteiger partial charge in [-0.15, -0.1) is 0 Å². The van der Waals surface area contributed by atoms with Crippen LogP contribution in [0.25, 0.3) is 0 Å². The number of carbonyl (C=O) groups excluding carboxylic acids is 1. The van der Waals surface area contributed by atoms with Crippen molar-refractivity contribution in [2.45, 2.75) is 19.4 Å². The molecular weight excluding hydrogens is 240 g/mol. The number of morpholine rings is 1. The number of urea groups is 1. The number of carboxylic acids is 1. The van der Waals surface area contributed by atoms with Gasteiger partial charge in [-0.1, -0.05) is 6.92 Å². The maximum atomic E-state index is 11.8. The van der Waals surface area contributed by atoms with Crippen molar-refractivity contribution in [2.24, 2.45) is 5.92 Å². The van der Waals surface area contributed by atoms with Crippen molar-refractivity contribution < 1.29 is 24.5 Å². The summed E-state index contributed by atoms with van der Waals surface area (Å²) in [6, 6.07) is -0.242. The first-order valence-electron chi connectivity index (χ1n) is 6.00. The first-order chi connectivity index (χ1) is 8.52. The van der Waals surface area contributed by atoms with E-state index >= 15 is 0 Å². The number of carbonyl (C=O) groups is 2. The van der Waals surface area contributed by atoms with Crippen LogP contribution in [0.15, 0.2) is 0 Å². The van der Waals surface area contributed by atoms with E-state index in [1.807, 2.05) is 0 Å². The van der Waals surface area contributed by atoms with Gasteiger partial charge in [-0.05, 0) is 5.92 Å². The van der Waals surface area contributed by atoms with Crippen molar-refractivity contribution in [1.82, 2.24) is 10.2 Å². The van der Waals surface area contributed by atoms with Crippen LogP contribution >= 0.6 is 0 Å². The number of carboxylic acid groups (broad SMARTS) is 1. The number of rotatable bonds is 5. The summed E-state index contributed by atoms with van der Waals surface area (Å²) in [5.41, 5.74) is 0. The van der Waals surface area contributed by atoms with E-state index in [0.29, 0.717) is 26.2 Å². The second-order valence-corrected chi connectivity index (χ2v) is 4.51. The molecule has 0 radical (unpaired) electrons. The van der Waals surface area contributed by atoms with Crippen molar-refractivity contribution in [3.63, 3.8) is 0 Å². The molecule has 0 aromatic heterocycles. The molecule has 2 unspecified atom stereocenters. The number of amides is 2. The molecule has 0 bridgehead atoms. The minimum absolute atomic E-state index is 0.0304. The number of aliphatic hydroxyl groups excluding tert-OH is 1. The third kappa shape index (κ3) is 4.89. The third-order valence-corrected chi connectivity index (χ3v) is 2.75. The van der Waals surface area contributed by atoms with Gasteiger partial charge in [0.1, 0.15) is 0 Å². The number of hydrogen-bond acceptors (Lipinski definition) is 4. The normalized spacial score (nSPS) is 21.4. The van der Waals surface area contributed by atoms with Gasteiger partial charge in [0.2, 0.25) is 0 Å². The van der Waals surface area contributed by atoms with Gasteiger partial charge in [-0.3, -0.25) is 4.79 Å². The van der Waals surface area contributed by atoms with Crippen LogP contribution in [-0.2, 0) is 9.53 Å². The zero-order chi connectivity index (χ0) is 13.5. The maximum Gasteiger partial charge on any atom is 0.317 e. The number of aliphatic hydroxyl groups is 1. The van der Waals surface area contributed by atoms with Gasteiger partial charge < -0.3 is 25.2 Å². The molecule has 0 spiro atoms. The van der Waals surface area contributed by atoms with Gasteiger partial charge in [0, 0.05) is 19.5 Å². The van der Waals surface area contributed by atoms with Crippen LogP contribution in [0.1, 0.15) is 13.3 Å². The molecule has 1 heterocycles. The maximum absolute atomic E-state index is 11.8. The van der Waals surface area contributed by atoms with E-state index in [9.17, 15) is 9.59 Å². The van der Waals surface area contributed by atoms with Crippen LogP contribution < -0.4 is 5.32 Å². The Morgan fingerprint density at radius 3 is 2.89 bits per heavy atom. The summed E-state index contributed by atoms with van der Waals surface area (Å²) in [5, 5.41) is 20.2. The average molecular weight is 260 g/mol. The fourth-order valence-corrected chi connectivity index (χ4v) is 1.76. The van der Waals surface area contributed by atoms with Crippen molar-refractivity contribution in [3.05, 3.63) is 0 Å². The molecule has 18 heavy (non-hydrogen) atoms. The summed E-state index contributed by atoms with van der Waals surface area (Å²) in [7, 11) is 0. The van der Waals surface area contributed by atoms with Gasteiger partial charge in [-0.2, -0.15) is 0 Å². The Morgan fingerprint density at radius 2 is 2.28 bits per heavy atom. The largest absolute Gasteiger partial charge is 0.481 e. The molecular formula is C11H20N2O5. The summed E-state index contributed by atoms with van der Waals surface area (Å²) in [6.45, 7) is 3.23. The standard InChI is InChI=1S/C11H20N2O5/c1-8(4-10(15)16)5-12-11(17)13-2-3-18-9(6-13)7-14/h8-9,14H,2-7H2,1H3,(H,12,17)(H,15,16). The van der Waals surface area contributed by atoms with Crippen LogP contribution in [0.4, 0.5) is 4.79 Å². The molecule has 0 aromatic carbocycles. The average Bonchev–Trinajstić information content (AvgIpc) is 2.35. The Bertz CT molecular complexity index is 297. The van der Waals surface area contributed by atoms with Crippen LogP contribution in [0.2, 0.25) is 0 Å². The molecule has 1 aliphatic heterocycles. The van der Waals surface area contributed by atoms with Crippen molar-refractivity contribution in [2.75, 3.05) is 32.8 Å². The number of nitrogens with one attached hydrogen (secondary N) is 1. The van der Waals surface area contributed by atoms with Crippen LogP contribution in [0.3, 0.4) is 0 Å². The second-order valence-electron chi connectivity index (χ2n) is 4.51. The number of nitrogens with zero attached hydrogens (tertiary/aromatic N) is 1. The lowest BCUT2D eigenvalue weighted by Gasteiger charge is -2.32. The number of ether oxygens (including phenoxy) is 1. The van der Waals surface area contributed by atoms with Gasteiger partial charge in [0.05, 0.1) is 25.9 Å². The van der Waals surface area contributed by atoms with E-state index in [4.69, 9.17) is 14.9 Å². The molecule has 1 aliphatic rings. The molecule has 3 N–H and O–H groups in total. The third-order valence-electron chi connectivity index (χ3n) is 2.75. The van der Waals surface area contributed by atoms with Gasteiger partial charge >= 0.3 is 12.0 Å². The van der Waals surface area contributed by atoms with E-state index in [-0.39, 0.29) is 31.1 Å². The van der Waals surface area contributed by atoms with Crippen LogP contribution in [-0.4, -0.2) is 66.1 Å². The fourth-order valence-electron chi connectivity index (χ4n) is 1.76. The van der Waals surface area contributed by atoms with Crippen LogP contribution in [0, 0.1) is 5.92 Å². The van der Waals surface area contributed by atoms with Crippen molar-refractivity contribution in [3.8, 4) is 0 Å². The Morgan fingerprint density at radius 1 is 1.56 bits per heavy atom. The summed E-state index contributed by atoms with van der Waals surface area (Å²) in [6.07, 6.45) is -0.302. The highest BCUT2D eigenvalue weighted by Crippen LogP contribution is 2.05. The molecule has 2 amide bonds. The van der Waals surface area contributed by atoms with E-state index < -0.39 is 5.97 Å².